The van der Waals surface area contributed by atoms with Gasteiger partial charge in [0.1, 0.15) is 0 Å². The Bertz CT molecular complexity index is 318. The highest BCUT2D eigenvalue weighted by Gasteiger charge is 1.95. The molecule has 0 aliphatic heterocycles. The normalized spacial score (nSPS) is 10.0. The monoisotopic (exact) mass is 215 g/mol. The van der Waals surface area contributed by atoms with Crippen LogP contribution in [0.15, 0.2) is 24.3 Å². The second kappa shape index (κ2) is 7.93. The van der Waals surface area contributed by atoms with Gasteiger partial charge in [0.15, 0.2) is 5.69 Å². The van der Waals surface area contributed by atoms with E-state index in [4.69, 9.17) is 6.57 Å². The number of aryl methyl sites for hydroxylation is 1. The number of hydrogen-bond donors (Lipinski definition) is 0. The molecule has 0 amide bonds. The van der Waals surface area contributed by atoms with E-state index in [9.17, 15) is 0 Å². The number of hydrogen-bond acceptors (Lipinski definition) is 0. The Balaban J connectivity index is 2.15. The fourth-order valence-electron chi connectivity index (χ4n) is 1.85. The molecule has 0 unspecified atom stereocenters. The second-order valence-corrected chi connectivity index (χ2v) is 4.30. The van der Waals surface area contributed by atoms with E-state index >= 15 is 0 Å². The molecule has 1 aromatic rings. The lowest BCUT2D eigenvalue weighted by Gasteiger charge is -2.02. The van der Waals surface area contributed by atoms with Crippen molar-refractivity contribution in [3.05, 3.63) is 41.2 Å². The van der Waals surface area contributed by atoms with Crippen LogP contribution in [-0.2, 0) is 6.42 Å². The van der Waals surface area contributed by atoms with E-state index in [-0.39, 0.29) is 0 Å². The molecule has 0 heterocycles. The molecule has 0 aromatic heterocycles. The SMILES string of the molecule is [C-]#[N+]c1ccc(CCCCCCCC)cc1. The van der Waals surface area contributed by atoms with Crippen LogP contribution < -0.4 is 0 Å². The van der Waals surface area contributed by atoms with Gasteiger partial charge in [-0.25, -0.2) is 4.85 Å². The van der Waals surface area contributed by atoms with Crippen LogP contribution >= 0.6 is 0 Å². The Labute approximate surface area is 99.3 Å². The molecule has 1 nitrogen and oxygen atoms in total. The maximum atomic E-state index is 6.87. The van der Waals surface area contributed by atoms with Crippen LogP contribution in [0.2, 0.25) is 0 Å². The van der Waals surface area contributed by atoms with Crippen LogP contribution in [0.4, 0.5) is 5.69 Å². The van der Waals surface area contributed by atoms with Gasteiger partial charge in [-0.1, -0.05) is 68.9 Å². The summed E-state index contributed by atoms with van der Waals surface area (Å²) in [6.07, 6.45) is 9.22. The molecular weight excluding hydrogens is 194 g/mol. The van der Waals surface area contributed by atoms with Gasteiger partial charge in [-0.3, -0.25) is 0 Å². The standard InChI is InChI=1S/C15H21N/c1-3-4-5-6-7-8-9-14-10-12-15(16-2)13-11-14/h10-13H,3-9H2,1H3. The summed E-state index contributed by atoms with van der Waals surface area (Å²) < 4.78 is 0. The highest BCUT2D eigenvalue weighted by atomic mass is 14.6. The fourth-order valence-corrected chi connectivity index (χ4v) is 1.85. The fraction of sp³-hybridized carbons (Fsp3) is 0.533. The quantitative estimate of drug-likeness (QED) is 0.438. The van der Waals surface area contributed by atoms with Crippen LogP contribution in [0.25, 0.3) is 4.85 Å². The molecule has 86 valence electrons. The molecule has 0 aliphatic rings. The lowest BCUT2D eigenvalue weighted by Crippen LogP contribution is -1.85. The highest BCUT2D eigenvalue weighted by molar-refractivity contribution is 5.45. The first-order valence-electron chi connectivity index (χ1n) is 6.33. The second-order valence-electron chi connectivity index (χ2n) is 4.30. The molecule has 0 saturated carbocycles. The minimum Gasteiger partial charge on any atom is -0.238 e. The molecule has 0 N–H and O–H groups in total. The Hall–Kier alpha value is -1.29. The van der Waals surface area contributed by atoms with Gasteiger partial charge in [0.25, 0.3) is 0 Å². The zero-order chi connectivity index (χ0) is 11.6. The first-order chi connectivity index (χ1) is 7.86. The van der Waals surface area contributed by atoms with Gasteiger partial charge in [0.05, 0.1) is 6.57 Å². The van der Waals surface area contributed by atoms with Crippen molar-refractivity contribution in [1.29, 1.82) is 0 Å². The molecule has 1 heteroatoms. The summed E-state index contributed by atoms with van der Waals surface area (Å²) in [6.45, 7) is 9.12. The van der Waals surface area contributed by atoms with Gasteiger partial charge < -0.3 is 0 Å². The molecule has 0 radical (unpaired) electrons. The molecule has 0 saturated heterocycles. The molecule has 0 bridgehead atoms. The van der Waals surface area contributed by atoms with Crippen molar-refractivity contribution in [3.63, 3.8) is 0 Å². The van der Waals surface area contributed by atoms with Crippen LogP contribution in [0.3, 0.4) is 0 Å². The first-order valence-corrected chi connectivity index (χ1v) is 6.33. The van der Waals surface area contributed by atoms with E-state index in [1.54, 1.807) is 0 Å². The van der Waals surface area contributed by atoms with E-state index in [1.807, 2.05) is 12.1 Å². The third kappa shape index (κ3) is 4.98. The first kappa shape index (κ1) is 12.8. The van der Waals surface area contributed by atoms with E-state index in [0.29, 0.717) is 0 Å². The molecule has 1 rings (SSSR count). The molecule has 16 heavy (non-hydrogen) atoms. The summed E-state index contributed by atoms with van der Waals surface area (Å²) in [5.74, 6) is 0. The summed E-state index contributed by atoms with van der Waals surface area (Å²) in [7, 11) is 0. The Morgan fingerprint density at radius 1 is 0.938 bits per heavy atom. The maximum absolute atomic E-state index is 6.87. The van der Waals surface area contributed by atoms with Crippen LogP contribution in [0.1, 0.15) is 51.0 Å². The number of rotatable bonds is 7. The maximum Gasteiger partial charge on any atom is 0.187 e. The average molecular weight is 215 g/mol. The Morgan fingerprint density at radius 3 is 2.19 bits per heavy atom. The predicted molar refractivity (Wildman–Crippen MR) is 69.8 cm³/mol. The average Bonchev–Trinajstić information content (AvgIpc) is 2.34. The van der Waals surface area contributed by atoms with Crippen molar-refractivity contribution >= 4 is 5.69 Å². The summed E-state index contributed by atoms with van der Waals surface area (Å²) in [6, 6.07) is 8.00. The van der Waals surface area contributed by atoms with Gasteiger partial charge in [-0.15, -0.1) is 0 Å². The van der Waals surface area contributed by atoms with Gasteiger partial charge in [0.2, 0.25) is 0 Å². The summed E-state index contributed by atoms with van der Waals surface area (Å²) in [5.41, 5.74) is 2.11. The third-order valence-corrected chi connectivity index (χ3v) is 2.88. The van der Waals surface area contributed by atoms with E-state index < -0.39 is 0 Å². The molecule has 1 aromatic carbocycles. The van der Waals surface area contributed by atoms with Crippen molar-refractivity contribution < 1.29 is 0 Å². The van der Waals surface area contributed by atoms with Crippen LogP contribution in [0, 0.1) is 6.57 Å². The van der Waals surface area contributed by atoms with Gasteiger partial charge in [-0.05, 0) is 12.8 Å². The summed E-state index contributed by atoms with van der Waals surface area (Å²) in [5, 5.41) is 0. The number of benzene rings is 1. The lowest BCUT2D eigenvalue weighted by atomic mass is 10.0. The number of nitrogens with zero attached hydrogens (tertiary/aromatic N) is 1. The number of unbranched alkanes of at least 4 members (excludes halogenated alkanes) is 5. The molecule has 0 atom stereocenters. The van der Waals surface area contributed by atoms with Crippen molar-refractivity contribution in [2.75, 3.05) is 0 Å². The highest BCUT2D eigenvalue weighted by Crippen LogP contribution is 2.15. The molecule has 0 spiro atoms. The van der Waals surface area contributed by atoms with Gasteiger partial charge in [0, 0.05) is 0 Å². The van der Waals surface area contributed by atoms with E-state index in [0.717, 1.165) is 12.1 Å². The minimum absolute atomic E-state index is 0.742. The van der Waals surface area contributed by atoms with Crippen molar-refractivity contribution in [3.8, 4) is 0 Å². The van der Waals surface area contributed by atoms with Crippen molar-refractivity contribution in [1.82, 2.24) is 0 Å². The van der Waals surface area contributed by atoms with Gasteiger partial charge in [-0.2, -0.15) is 0 Å². The van der Waals surface area contributed by atoms with Crippen LogP contribution in [0.5, 0.6) is 0 Å². The van der Waals surface area contributed by atoms with Crippen LogP contribution in [-0.4, -0.2) is 0 Å². The zero-order valence-corrected chi connectivity index (χ0v) is 10.2. The molecule has 0 aliphatic carbocycles. The topological polar surface area (TPSA) is 4.36 Å². The Morgan fingerprint density at radius 2 is 1.56 bits per heavy atom. The summed E-state index contributed by atoms with van der Waals surface area (Å²) >= 11 is 0. The largest absolute Gasteiger partial charge is 0.238 e. The lowest BCUT2D eigenvalue weighted by molar-refractivity contribution is 0.607. The molecule has 0 fully saturated rings. The van der Waals surface area contributed by atoms with Crippen molar-refractivity contribution in [2.24, 2.45) is 0 Å². The van der Waals surface area contributed by atoms with E-state index in [2.05, 4.69) is 23.9 Å². The van der Waals surface area contributed by atoms with Gasteiger partial charge >= 0.3 is 0 Å². The summed E-state index contributed by atoms with van der Waals surface area (Å²) in [4.78, 5) is 3.39. The van der Waals surface area contributed by atoms with E-state index in [1.165, 1.54) is 44.1 Å². The minimum atomic E-state index is 0.742. The van der Waals surface area contributed by atoms with Crippen molar-refractivity contribution in [2.45, 2.75) is 51.9 Å². The zero-order valence-electron chi connectivity index (χ0n) is 10.2. The smallest absolute Gasteiger partial charge is 0.187 e. The third-order valence-electron chi connectivity index (χ3n) is 2.88. The molecular formula is C15H21N. The predicted octanol–water partition coefficient (Wildman–Crippen LogP) is 5.14. The Kier molecular flexibility index (Phi) is 6.33.